The van der Waals surface area contributed by atoms with Gasteiger partial charge in [0.15, 0.2) is 5.13 Å². The van der Waals surface area contributed by atoms with Crippen molar-refractivity contribution in [1.82, 2.24) is 4.98 Å². The summed E-state index contributed by atoms with van der Waals surface area (Å²) >= 11 is 5.07. The van der Waals surface area contributed by atoms with Crippen molar-refractivity contribution < 1.29 is 0 Å². The first-order valence-electron chi connectivity index (χ1n) is 4.04. The predicted molar refractivity (Wildman–Crippen MR) is 55.6 cm³/mol. The molecule has 0 unspecified atom stereocenters. The molecule has 0 bridgehead atoms. The van der Waals surface area contributed by atoms with Crippen LogP contribution in [0.15, 0.2) is 9.98 Å². The quantitative estimate of drug-likeness (QED) is 0.757. The molecule has 2 heterocycles. The molecule has 1 aromatic heterocycles. The number of hydrogen-bond acceptors (Lipinski definition) is 3. The van der Waals surface area contributed by atoms with E-state index < -0.39 is 0 Å². The topological polar surface area (TPSA) is 16.1 Å². The molecular formula is C8H10BrN2S. The van der Waals surface area contributed by atoms with Crippen molar-refractivity contribution in [2.24, 2.45) is 0 Å². The summed E-state index contributed by atoms with van der Waals surface area (Å²) < 4.78 is 0.956. The molecule has 1 saturated heterocycles. The Labute approximate surface area is 84.7 Å². The fourth-order valence-electron chi connectivity index (χ4n) is 1.33. The predicted octanol–water partition coefficient (Wildman–Crippen LogP) is 2.71. The van der Waals surface area contributed by atoms with Crippen LogP contribution in [0.2, 0.25) is 0 Å². The SMILES string of the molecule is Brc1csc(N2CC[CH]CC2)n1. The first kappa shape index (κ1) is 8.51. The van der Waals surface area contributed by atoms with Crippen LogP contribution >= 0.6 is 27.3 Å². The average molecular weight is 246 g/mol. The van der Waals surface area contributed by atoms with E-state index in [1.165, 1.54) is 12.8 Å². The zero-order chi connectivity index (χ0) is 8.39. The van der Waals surface area contributed by atoms with Gasteiger partial charge in [0.25, 0.3) is 0 Å². The van der Waals surface area contributed by atoms with Crippen LogP contribution in [0.4, 0.5) is 5.13 Å². The summed E-state index contributed by atoms with van der Waals surface area (Å²) in [4.78, 5) is 6.72. The molecule has 0 saturated carbocycles. The van der Waals surface area contributed by atoms with Gasteiger partial charge in [-0.05, 0) is 35.2 Å². The fourth-order valence-corrected chi connectivity index (χ4v) is 2.64. The van der Waals surface area contributed by atoms with E-state index >= 15 is 0 Å². The average Bonchev–Trinajstić information content (AvgIpc) is 2.54. The second kappa shape index (κ2) is 3.75. The summed E-state index contributed by atoms with van der Waals surface area (Å²) in [6.07, 6.45) is 4.73. The highest BCUT2D eigenvalue weighted by molar-refractivity contribution is 9.10. The van der Waals surface area contributed by atoms with Gasteiger partial charge >= 0.3 is 0 Å². The molecule has 0 atom stereocenters. The maximum Gasteiger partial charge on any atom is 0.186 e. The number of hydrogen-bond donors (Lipinski definition) is 0. The second-order valence-corrected chi connectivity index (χ2v) is 4.45. The molecule has 0 aromatic carbocycles. The highest BCUT2D eigenvalue weighted by Gasteiger charge is 2.13. The van der Waals surface area contributed by atoms with Gasteiger partial charge in [0, 0.05) is 18.5 Å². The Hall–Kier alpha value is -0.0900. The van der Waals surface area contributed by atoms with Gasteiger partial charge in [-0.1, -0.05) is 0 Å². The molecule has 65 valence electrons. The molecule has 0 spiro atoms. The van der Waals surface area contributed by atoms with E-state index in [1.807, 2.05) is 5.38 Å². The number of rotatable bonds is 1. The van der Waals surface area contributed by atoms with Gasteiger partial charge in [0.05, 0.1) is 0 Å². The largest absolute Gasteiger partial charge is 0.348 e. The number of nitrogens with zero attached hydrogens (tertiary/aromatic N) is 2. The maximum absolute atomic E-state index is 4.38. The monoisotopic (exact) mass is 245 g/mol. The van der Waals surface area contributed by atoms with Crippen molar-refractivity contribution in [3.05, 3.63) is 16.4 Å². The van der Waals surface area contributed by atoms with E-state index in [0.29, 0.717) is 0 Å². The third-order valence-corrected chi connectivity index (χ3v) is 3.55. The third-order valence-electron chi connectivity index (χ3n) is 1.94. The fraction of sp³-hybridized carbons (Fsp3) is 0.500. The molecule has 0 amide bonds. The molecule has 1 fully saturated rings. The van der Waals surface area contributed by atoms with Crippen LogP contribution in [0.25, 0.3) is 0 Å². The Balaban J connectivity index is 2.08. The van der Waals surface area contributed by atoms with Gasteiger partial charge in [0.2, 0.25) is 0 Å². The Kier molecular flexibility index (Phi) is 2.66. The zero-order valence-electron chi connectivity index (χ0n) is 6.66. The number of aromatic nitrogens is 1. The Morgan fingerprint density at radius 3 is 2.75 bits per heavy atom. The molecule has 2 nitrogen and oxygen atoms in total. The van der Waals surface area contributed by atoms with Crippen molar-refractivity contribution in [2.45, 2.75) is 12.8 Å². The van der Waals surface area contributed by atoms with Gasteiger partial charge in [-0.15, -0.1) is 11.3 Å². The van der Waals surface area contributed by atoms with Gasteiger partial charge in [0.1, 0.15) is 4.60 Å². The summed E-state index contributed by atoms with van der Waals surface area (Å²) in [5.74, 6) is 0. The Morgan fingerprint density at radius 2 is 2.17 bits per heavy atom. The van der Waals surface area contributed by atoms with Gasteiger partial charge in [-0.2, -0.15) is 0 Å². The number of piperidine rings is 1. The number of halogens is 1. The van der Waals surface area contributed by atoms with E-state index in [1.54, 1.807) is 11.3 Å². The lowest BCUT2D eigenvalue weighted by atomic mass is 10.1. The smallest absolute Gasteiger partial charge is 0.186 e. The lowest BCUT2D eigenvalue weighted by Crippen LogP contribution is -2.29. The molecule has 0 N–H and O–H groups in total. The van der Waals surface area contributed by atoms with Crippen molar-refractivity contribution in [2.75, 3.05) is 18.0 Å². The number of thiazole rings is 1. The van der Waals surface area contributed by atoms with Crippen molar-refractivity contribution >= 4 is 32.4 Å². The summed E-state index contributed by atoms with van der Waals surface area (Å²) in [5.41, 5.74) is 0. The lowest BCUT2D eigenvalue weighted by Gasteiger charge is -2.25. The summed E-state index contributed by atoms with van der Waals surface area (Å²) in [7, 11) is 0. The minimum Gasteiger partial charge on any atom is -0.348 e. The van der Waals surface area contributed by atoms with Crippen LogP contribution in [0.1, 0.15) is 12.8 Å². The molecular weight excluding hydrogens is 236 g/mol. The minimum absolute atomic E-state index is 0.956. The Bertz CT molecular complexity index is 255. The van der Waals surface area contributed by atoms with Gasteiger partial charge < -0.3 is 4.90 Å². The standard InChI is InChI=1S/C8H10BrN2S/c9-7-6-12-8(10-7)11-4-2-1-3-5-11/h1,6H,2-5H2. The van der Waals surface area contributed by atoms with Crippen molar-refractivity contribution in [1.29, 1.82) is 0 Å². The van der Waals surface area contributed by atoms with Crippen LogP contribution in [0.3, 0.4) is 0 Å². The third kappa shape index (κ3) is 1.80. The molecule has 12 heavy (non-hydrogen) atoms. The van der Waals surface area contributed by atoms with Crippen LogP contribution in [-0.4, -0.2) is 18.1 Å². The second-order valence-electron chi connectivity index (χ2n) is 2.81. The number of anilines is 1. The zero-order valence-corrected chi connectivity index (χ0v) is 9.07. The van der Waals surface area contributed by atoms with Crippen molar-refractivity contribution in [3.8, 4) is 0 Å². The summed E-state index contributed by atoms with van der Waals surface area (Å²) in [6.45, 7) is 2.25. The molecule has 4 heteroatoms. The molecule has 2 rings (SSSR count). The van der Waals surface area contributed by atoms with Crippen LogP contribution in [-0.2, 0) is 0 Å². The molecule has 1 aromatic rings. The molecule has 0 aliphatic carbocycles. The summed E-state index contributed by atoms with van der Waals surface area (Å²) in [6, 6.07) is 0. The molecule has 1 aliphatic heterocycles. The van der Waals surface area contributed by atoms with E-state index in [9.17, 15) is 0 Å². The van der Waals surface area contributed by atoms with Crippen LogP contribution < -0.4 is 4.90 Å². The first-order valence-corrected chi connectivity index (χ1v) is 5.71. The van der Waals surface area contributed by atoms with E-state index in [4.69, 9.17) is 0 Å². The Morgan fingerprint density at radius 1 is 1.42 bits per heavy atom. The normalized spacial score (nSPS) is 18.2. The van der Waals surface area contributed by atoms with Gasteiger partial charge in [-0.25, -0.2) is 4.98 Å². The van der Waals surface area contributed by atoms with E-state index in [0.717, 1.165) is 22.8 Å². The lowest BCUT2D eigenvalue weighted by molar-refractivity contribution is 0.676. The first-order chi connectivity index (χ1) is 5.86. The van der Waals surface area contributed by atoms with Gasteiger partial charge in [-0.3, -0.25) is 0 Å². The molecule has 1 aliphatic rings. The summed E-state index contributed by atoms with van der Waals surface area (Å²) in [5, 5.41) is 3.18. The van der Waals surface area contributed by atoms with Crippen LogP contribution in [0.5, 0.6) is 0 Å². The van der Waals surface area contributed by atoms with Crippen molar-refractivity contribution in [3.63, 3.8) is 0 Å². The highest BCUT2D eigenvalue weighted by Crippen LogP contribution is 2.25. The molecule has 1 radical (unpaired) electrons. The minimum atomic E-state index is 0.956. The van der Waals surface area contributed by atoms with E-state index in [2.05, 4.69) is 32.2 Å². The van der Waals surface area contributed by atoms with Crippen LogP contribution in [0, 0.1) is 6.42 Å². The highest BCUT2D eigenvalue weighted by atomic mass is 79.9. The maximum atomic E-state index is 4.38. The van der Waals surface area contributed by atoms with E-state index in [-0.39, 0.29) is 0 Å².